The topological polar surface area (TPSA) is 87.3 Å². The van der Waals surface area contributed by atoms with Gasteiger partial charge < -0.3 is 16.0 Å². The molecule has 0 spiro atoms. The standard InChI is InChI=1S/C25H22FN3O3/c1-15(16-7-3-2-4-8-16)27-24(31)19-9-5-6-10-21(19)29-25(32)20-14-23(30)28-22-13-17(26)11-12-18(20)22/h2-13,15,20H,14H2,1H3,(H,27,31)(H,28,30)(H,29,32). The van der Waals surface area contributed by atoms with E-state index in [1.807, 2.05) is 37.3 Å². The molecule has 0 fully saturated rings. The average Bonchev–Trinajstić information content (AvgIpc) is 2.79. The van der Waals surface area contributed by atoms with Gasteiger partial charge in [0, 0.05) is 12.1 Å². The highest BCUT2D eigenvalue weighted by Gasteiger charge is 2.31. The molecule has 0 saturated heterocycles. The summed E-state index contributed by atoms with van der Waals surface area (Å²) in [4.78, 5) is 38.0. The number of benzene rings is 3. The second-order valence-electron chi connectivity index (χ2n) is 7.68. The van der Waals surface area contributed by atoms with E-state index in [1.54, 1.807) is 24.3 Å². The molecule has 0 saturated carbocycles. The van der Waals surface area contributed by atoms with Gasteiger partial charge in [0.15, 0.2) is 0 Å². The Labute approximate surface area is 184 Å². The second kappa shape index (κ2) is 9.01. The van der Waals surface area contributed by atoms with E-state index in [1.165, 1.54) is 18.2 Å². The molecule has 162 valence electrons. The van der Waals surface area contributed by atoms with Crippen LogP contribution in [0, 0.1) is 5.82 Å². The number of anilines is 2. The van der Waals surface area contributed by atoms with Gasteiger partial charge in [0.25, 0.3) is 5.91 Å². The minimum Gasteiger partial charge on any atom is -0.345 e. The number of fused-ring (bicyclic) bond motifs is 1. The maximum Gasteiger partial charge on any atom is 0.253 e. The third-order valence-corrected chi connectivity index (χ3v) is 5.45. The van der Waals surface area contributed by atoms with E-state index in [2.05, 4.69) is 16.0 Å². The Bertz CT molecular complexity index is 1180. The predicted octanol–water partition coefficient (Wildman–Crippen LogP) is 4.38. The molecule has 1 aliphatic heterocycles. The summed E-state index contributed by atoms with van der Waals surface area (Å²) in [6, 6.07) is 19.9. The number of amides is 3. The van der Waals surface area contributed by atoms with E-state index in [0.717, 1.165) is 5.56 Å². The summed E-state index contributed by atoms with van der Waals surface area (Å²) in [7, 11) is 0. The zero-order valence-corrected chi connectivity index (χ0v) is 17.4. The van der Waals surface area contributed by atoms with Crippen LogP contribution in [0.5, 0.6) is 0 Å². The first kappa shape index (κ1) is 21.2. The van der Waals surface area contributed by atoms with Crippen LogP contribution in [0.1, 0.15) is 46.8 Å². The van der Waals surface area contributed by atoms with Gasteiger partial charge in [0.2, 0.25) is 11.8 Å². The van der Waals surface area contributed by atoms with Crippen LogP contribution in [-0.2, 0) is 9.59 Å². The molecule has 2 atom stereocenters. The van der Waals surface area contributed by atoms with Gasteiger partial charge in [0.1, 0.15) is 5.82 Å². The maximum absolute atomic E-state index is 13.6. The molecule has 1 heterocycles. The zero-order valence-electron chi connectivity index (χ0n) is 17.4. The number of hydrogen-bond donors (Lipinski definition) is 3. The molecule has 0 aromatic heterocycles. The molecule has 32 heavy (non-hydrogen) atoms. The fraction of sp³-hybridized carbons (Fsp3) is 0.160. The summed E-state index contributed by atoms with van der Waals surface area (Å²) >= 11 is 0. The molecule has 7 heteroatoms. The SMILES string of the molecule is CC(NC(=O)c1ccccc1NC(=O)C1CC(=O)Nc2cc(F)ccc21)c1ccccc1. The number of nitrogens with one attached hydrogen (secondary N) is 3. The molecule has 0 radical (unpaired) electrons. The van der Waals surface area contributed by atoms with Crippen LogP contribution in [0.25, 0.3) is 0 Å². The average molecular weight is 431 g/mol. The van der Waals surface area contributed by atoms with Crippen LogP contribution in [0.3, 0.4) is 0 Å². The number of para-hydroxylation sites is 1. The third kappa shape index (κ3) is 4.51. The van der Waals surface area contributed by atoms with Gasteiger partial charge in [-0.2, -0.15) is 0 Å². The van der Waals surface area contributed by atoms with Crippen LogP contribution in [0.2, 0.25) is 0 Å². The van der Waals surface area contributed by atoms with Gasteiger partial charge in [-0.05, 0) is 42.3 Å². The zero-order chi connectivity index (χ0) is 22.7. The van der Waals surface area contributed by atoms with Gasteiger partial charge in [-0.3, -0.25) is 14.4 Å². The highest BCUT2D eigenvalue weighted by Crippen LogP contribution is 2.34. The summed E-state index contributed by atoms with van der Waals surface area (Å²) in [5.41, 5.74) is 2.42. The van der Waals surface area contributed by atoms with Crippen LogP contribution < -0.4 is 16.0 Å². The van der Waals surface area contributed by atoms with Gasteiger partial charge >= 0.3 is 0 Å². The molecule has 3 amide bonds. The molecule has 6 nitrogen and oxygen atoms in total. The van der Waals surface area contributed by atoms with Gasteiger partial charge in [-0.1, -0.05) is 48.5 Å². The molecular formula is C25H22FN3O3. The first-order valence-corrected chi connectivity index (χ1v) is 10.3. The van der Waals surface area contributed by atoms with E-state index in [9.17, 15) is 18.8 Å². The van der Waals surface area contributed by atoms with E-state index in [0.29, 0.717) is 16.8 Å². The molecule has 3 aromatic rings. The van der Waals surface area contributed by atoms with Crippen molar-refractivity contribution in [3.63, 3.8) is 0 Å². The Morgan fingerprint density at radius 3 is 2.53 bits per heavy atom. The smallest absolute Gasteiger partial charge is 0.253 e. The third-order valence-electron chi connectivity index (χ3n) is 5.45. The summed E-state index contributed by atoms with van der Waals surface area (Å²) < 4.78 is 13.6. The first-order chi connectivity index (χ1) is 15.4. The molecule has 2 unspecified atom stereocenters. The second-order valence-corrected chi connectivity index (χ2v) is 7.68. The fourth-order valence-corrected chi connectivity index (χ4v) is 3.78. The summed E-state index contributed by atoms with van der Waals surface area (Å²) in [5.74, 6) is -2.44. The highest BCUT2D eigenvalue weighted by atomic mass is 19.1. The Hall–Kier alpha value is -4.00. The Balaban J connectivity index is 1.54. The van der Waals surface area contributed by atoms with Crippen LogP contribution in [0.15, 0.2) is 72.8 Å². The molecular weight excluding hydrogens is 409 g/mol. The van der Waals surface area contributed by atoms with Crippen molar-refractivity contribution in [2.45, 2.75) is 25.3 Å². The number of carbonyl (C=O) groups is 3. The van der Waals surface area contributed by atoms with E-state index < -0.39 is 17.6 Å². The van der Waals surface area contributed by atoms with Crippen molar-refractivity contribution in [2.24, 2.45) is 0 Å². The van der Waals surface area contributed by atoms with E-state index in [-0.39, 0.29) is 30.0 Å². The lowest BCUT2D eigenvalue weighted by Crippen LogP contribution is -2.32. The van der Waals surface area contributed by atoms with Gasteiger partial charge in [-0.15, -0.1) is 0 Å². The van der Waals surface area contributed by atoms with Crippen molar-refractivity contribution in [1.29, 1.82) is 0 Å². The highest BCUT2D eigenvalue weighted by molar-refractivity contribution is 6.08. The molecule has 4 rings (SSSR count). The minimum absolute atomic E-state index is 0.0656. The predicted molar refractivity (Wildman–Crippen MR) is 120 cm³/mol. The fourth-order valence-electron chi connectivity index (χ4n) is 3.78. The number of halogens is 1. The van der Waals surface area contributed by atoms with Crippen molar-refractivity contribution in [3.05, 3.63) is 95.3 Å². The van der Waals surface area contributed by atoms with Crippen molar-refractivity contribution in [1.82, 2.24) is 5.32 Å². The van der Waals surface area contributed by atoms with Gasteiger partial charge in [-0.25, -0.2) is 4.39 Å². The van der Waals surface area contributed by atoms with E-state index >= 15 is 0 Å². The molecule has 3 N–H and O–H groups in total. The summed E-state index contributed by atoms with van der Waals surface area (Å²) in [6.45, 7) is 1.88. The largest absolute Gasteiger partial charge is 0.345 e. The van der Waals surface area contributed by atoms with Crippen LogP contribution >= 0.6 is 0 Å². The Morgan fingerprint density at radius 2 is 1.75 bits per heavy atom. The van der Waals surface area contributed by atoms with Crippen molar-refractivity contribution in [2.75, 3.05) is 10.6 Å². The lowest BCUT2D eigenvalue weighted by molar-refractivity contribution is -0.123. The molecule has 0 bridgehead atoms. The Morgan fingerprint density at radius 1 is 1.03 bits per heavy atom. The lowest BCUT2D eigenvalue weighted by Gasteiger charge is -2.25. The minimum atomic E-state index is -0.793. The van der Waals surface area contributed by atoms with Crippen LogP contribution in [0.4, 0.5) is 15.8 Å². The molecule has 0 aliphatic carbocycles. The van der Waals surface area contributed by atoms with E-state index in [4.69, 9.17) is 0 Å². The normalized spacial score (nSPS) is 15.8. The Kier molecular flexibility index (Phi) is 5.98. The number of carbonyl (C=O) groups excluding carboxylic acids is 3. The lowest BCUT2D eigenvalue weighted by atomic mass is 9.89. The van der Waals surface area contributed by atoms with Crippen molar-refractivity contribution >= 4 is 29.1 Å². The van der Waals surface area contributed by atoms with Crippen LogP contribution in [-0.4, -0.2) is 17.7 Å². The monoisotopic (exact) mass is 431 g/mol. The van der Waals surface area contributed by atoms with Gasteiger partial charge in [0.05, 0.1) is 23.2 Å². The van der Waals surface area contributed by atoms with Crippen molar-refractivity contribution < 1.29 is 18.8 Å². The first-order valence-electron chi connectivity index (χ1n) is 10.3. The number of rotatable bonds is 5. The summed E-state index contributed by atoms with van der Waals surface area (Å²) in [6.07, 6.45) is -0.0656. The van der Waals surface area contributed by atoms with Crippen molar-refractivity contribution in [3.8, 4) is 0 Å². The number of hydrogen-bond acceptors (Lipinski definition) is 3. The molecule has 1 aliphatic rings. The summed E-state index contributed by atoms with van der Waals surface area (Å²) in [5, 5.41) is 8.31. The maximum atomic E-state index is 13.6. The molecule has 3 aromatic carbocycles. The quantitative estimate of drug-likeness (QED) is 0.560.